The molecule has 24 heavy (non-hydrogen) atoms. The summed E-state index contributed by atoms with van der Waals surface area (Å²) in [6.45, 7) is 3.12. The summed E-state index contributed by atoms with van der Waals surface area (Å²) >= 11 is 0. The van der Waals surface area contributed by atoms with Gasteiger partial charge in [-0.3, -0.25) is 9.59 Å². The van der Waals surface area contributed by atoms with Gasteiger partial charge in [-0.15, -0.1) is 0 Å². The van der Waals surface area contributed by atoms with Gasteiger partial charge in [0, 0.05) is 24.8 Å². The molecule has 6 nitrogen and oxygen atoms in total. The quantitative estimate of drug-likeness (QED) is 0.903. The summed E-state index contributed by atoms with van der Waals surface area (Å²) in [5.41, 5.74) is 2.41. The highest BCUT2D eigenvalue weighted by molar-refractivity contribution is 5.75. The summed E-state index contributed by atoms with van der Waals surface area (Å²) in [6.07, 6.45) is 2.07. The van der Waals surface area contributed by atoms with Crippen molar-refractivity contribution < 1.29 is 9.53 Å². The van der Waals surface area contributed by atoms with Gasteiger partial charge in [0.25, 0.3) is 5.56 Å². The van der Waals surface area contributed by atoms with Crippen molar-refractivity contribution in [2.45, 2.75) is 32.4 Å². The zero-order valence-corrected chi connectivity index (χ0v) is 13.7. The maximum absolute atomic E-state index is 12.1. The van der Waals surface area contributed by atoms with Crippen LogP contribution in [-0.4, -0.2) is 34.9 Å². The first kappa shape index (κ1) is 16.4. The van der Waals surface area contributed by atoms with E-state index >= 15 is 0 Å². The average Bonchev–Trinajstić information content (AvgIpc) is 3.09. The molecule has 3 rings (SSSR count). The molecule has 1 amide bonds. The zero-order chi connectivity index (χ0) is 16.9. The third kappa shape index (κ3) is 3.89. The van der Waals surface area contributed by atoms with Crippen molar-refractivity contribution in [3.05, 3.63) is 52.3 Å². The summed E-state index contributed by atoms with van der Waals surface area (Å²) in [5, 5.41) is 7.14. The molecule has 0 radical (unpaired) electrons. The lowest BCUT2D eigenvalue weighted by atomic mass is 10.1. The molecule has 0 saturated carbocycles. The van der Waals surface area contributed by atoms with Crippen molar-refractivity contribution in [3.8, 4) is 11.3 Å². The van der Waals surface area contributed by atoms with Crippen LogP contribution in [0, 0.1) is 6.92 Å². The average molecular weight is 327 g/mol. The van der Waals surface area contributed by atoms with Gasteiger partial charge in [0.15, 0.2) is 0 Å². The minimum atomic E-state index is -0.292. The normalized spacial score (nSPS) is 17.0. The molecule has 2 heterocycles. The van der Waals surface area contributed by atoms with Gasteiger partial charge in [-0.1, -0.05) is 24.3 Å². The lowest BCUT2D eigenvalue weighted by molar-refractivity contribution is -0.122. The van der Waals surface area contributed by atoms with Crippen LogP contribution < -0.4 is 10.9 Å². The molecule has 1 aromatic heterocycles. The van der Waals surface area contributed by atoms with Crippen LogP contribution in [0.3, 0.4) is 0 Å². The highest BCUT2D eigenvalue weighted by Crippen LogP contribution is 2.19. The van der Waals surface area contributed by atoms with Crippen molar-refractivity contribution >= 4 is 5.91 Å². The SMILES string of the molecule is Cc1ccccc1-c1ccc(=O)n(CC(=O)NC[C@@H]2CCCO2)n1. The van der Waals surface area contributed by atoms with E-state index < -0.39 is 0 Å². The van der Waals surface area contributed by atoms with E-state index in [0.29, 0.717) is 12.2 Å². The van der Waals surface area contributed by atoms with E-state index in [2.05, 4.69) is 10.4 Å². The van der Waals surface area contributed by atoms with E-state index in [1.54, 1.807) is 6.07 Å². The molecular formula is C18H21N3O3. The summed E-state index contributed by atoms with van der Waals surface area (Å²) < 4.78 is 6.67. The molecule has 1 aromatic carbocycles. The van der Waals surface area contributed by atoms with Crippen LogP contribution in [0.1, 0.15) is 18.4 Å². The maximum Gasteiger partial charge on any atom is 0.267 e. The monoisotopic (exact) mass is 327 g/mol. The Bertz CT molecular complexity index is 779. The van der Waals surface area contributed by atoms with Gasteiger partial charge in [0.1, 0.15) is 6.54 Å². The Morgan fingerprint density at radius 1 is 1.33 bits per heavy atom. The number of ether oxygens (including phenoxy) is 1. The van der Waals surface area contributed by atoms with Crippen LogP contribution in [0.4, 0.5) is 0 Å². The second-order valence-electron chi connectivity index (χ2n) is 5.97. The van der Waals surface area contributed by atoms with Crippen molar-refractivity contribution in [2.75, 3.05) is 13.2 Å². The van der Waals surface area contributed by atoms with Crippen molar-refractivity contribution in [1.82, 2.24) is 15.1 Å². The number of hydrogen-bond donors (Lipinski definition) is 1. The third-order valence-electron chi connectivity index (χ3n) is 4.13. The molecule has 0 unspecified atom stereocenters. The highest BCUT2D eigenvalue weighted by Gasteiger charge is 2.16. The van der Waals surface area contributed by atoms with Gasteiger partial charge in [-0.2, -0.15) is 5.10 Å². The first-order valence-corrected chi connectivity index (χ1v) is 8.16. The number of carbonyl (C=O) groups excluding carboxylic acids is 1. The molecule has 1 aliphatic rings. The summed E-state index contributed by atoms with van der Waals surface area (Å²) in [6, 6.07) is 10.9. The second-order valence-corrected chi connectivity index (χ2v) is 5.97. The molecule has 1 aliphatic heterocycles. The van der Waals surface area contributed by atoms with E-state index in [-0.39, 0.29) is 24.1 Å². The van der Waals surface area contributed by atoms with Crippen LogP contribution >= 0.6 is 0 Å². The van der Waals surface area contributed by atoms with Crippen molar-refractivity contribution in [2.24, 2.45) is 0 Å². The van der Waals surface area contributed by atoms with E-state index in [4.69, 9.17) is 4.74 Å². The topological polar surface area (TPSA) is 73.2 Å². The number of nitrogens with zero attached hydrogens (tertiary/aromatic N) is 2. The zero-order valence-electron chi connectivity index (χ0n) is 13.7. The van der Waals surface area contributed by atoms with E-state index in [1.165, 1.54) is 10.7 Å². The van der Waals surface area contributed by atoms with Gasteiger partial charge in [0.05, 0.1) is 11.8 Å². The number of rotatable bonds is 5. The van der Waals surface area contributed by atoms with Crippen LogP contribution in [0.15, 0.2) is 41.2 Å². The Morgan fingerprint density at radius 3 is 2.92 bits per heavy atom. The third-order valence-corrected chi connectivity index (χ3v) is 4.13. The van der Waals surface area contributed by atoms with Crippen molar-refractivity contribution in [1.29, 1.82) is 0 Å². The second kappa shape index (κ2) is 7.40. The van der Waals surface area contributed by atoms with Gasteiger partial charge in [-0.05, 0) is 31.4 Å². The Labute approximate surface area is 140 Å². The highest BCUT2D eigenvalue weighted by atomic mass is 16.5. The first-order chi connectivity index (χ1) is 11.6. The maximum atomic E-state index is 12.1. The van der Waals surface area contributed by atoms with Gasteiger partial charge < -0.3 is 10.1 Å². The van der Waals surface area contributed by atoms with Crippen LogP contribution in [0.25, 0.3) is 11.3 Å². The number of nitrogens with one attached hydrogen (secondary N) is 1. The Hall–Kier alpha value is -2.47. The number of aromatic nitrogens is 2. The molecule has 1 fully saturated rings. The summed E-state index contributed by atoms with van der Waals surface area (Å²) in [7, 11) is 0. The van der Waals surface area contributed by atoms with Crippen LogP contribution in [-0.2, 0) is 16.1 Å². The molecule has 6 heteroatoms. The Kier molecular flexibility index (Phi) is 5.05. The molecule has 2 aromatic rings. The molecular weight excluding hydrogens is 306 g/mol. The fourth-order valence-corrected chi connectivity index (χ4v) is 2.79. The fraction of sp³-hybridized carbons (Fsp3) is 0.389. The van der Waals surface area contributed by atoms with E-state index in [0.717, 1.165) is 30.6 Å². The Morgan fingerprint density at radius 2 is 2.17 bits per heavy atom. The smallest absolute Gasteiger partial charge is 0.267 e. The van der Waals surface area contributed by atoms with E-state index in [9.17, 15) is 9.59 Å². The van der Waals surface area contributed by atoms with Crippen LogP contribution in [0.5, 0.6) is 0 Å². The summed E-state index contributed by atoms with van der Waals surface area (Å²) in [5.74, 6) is -0.234. The number of aryl methyl sites for hydroxylation is 1. The largest absolute Gasteiger partial charge is 0.376 e. The van der Waals surface area contributed by atoms with Gasteiger partial charge >= 0.3 is 0 Å². The Balaban J connectivity index is 1.71. The molecule has 0 bridgehead atoms. The lowest BCUT2D eigenvalue weighted by Gasteiger charge is -2.12. The molecule has 1 atom stereocenters. The first-order valence-electron chi connectivity index (χ1n) is 8.16. The number of carbonyl (C=O) groups is 1. The summed E-state index contributed by atoms with van der Waals surface area (Å²) in [4.78, 5) is 24.0. The molecule has 1 saturated heterocycles. The van der Waals surface area contributed by atoms with Crippen LogP contribution in [0.2, 0.25) is 0 Å². The number of benzene rings is 1. The predicted molar refractivity (Wildman–Crippen MR) is 90.7 cm³/mol. The van der Waals surface area contributed by atoms with Gasteiger partial charge in [0.2, 0.25) is 5.91 Å². The minimum absolute atomic E-state index is 0.0805. The predicted octanol–water partition coefficient (Wildman–Crippen LogP) is 1.51. The minimum Gasteiger partial charge on any atom is -0.376 e. The molecule has 0 aliphatic carbocycles. The molecule has 0 spiro atoms. The fourth-order valence-electron chi connectivity index (χ4n) is 2.79. The molecule has 126 valence electrons. The van der Waals surface area contributed by atoms with E-state index in [1.807, 2.05) is 31.2 Å². The number of hydrogen-bond acceptors (Lipinski definition) is 4. The standard InChI is InChI=1S/C18H21N3O3/c1-13-5-2-3-7-15(13)16-8-9-18(23)21(20-16)12-17(22)19-11-14-6-4-10-24-14/h2-3,5,7-9,14H,4,6,10-12H2,1H3,(H,19,22)/t14-/m0/s1. The van der Waals surface area contributed by atoms with Gasteiger partial charge in [-0.25, -0.2) is 4.68 Å². The molecule has 1 N–H and O–H groups in total. The van der Waals surface area contributed by atoms with Crippen molar-refractivity contribution in [3.63, 3.8) is 0 Å². The number of amides is 1. The lowest BCUT2D eigenvalue weighted by Crippen LogP contribution is -2.37.